The van der Waals surface area contributed by atoms with Crippen molar-refractivity contribution in [1.29, 1.82) is 0 Å². The quantitative estimate of drug-likeness (QED) is 0.622. The van der Waals surface area contributed by atoms with Crippen molar-refractivity contribution < 1.29 is 13.5 Å². The predicted octanol–water partition coefficient (Wildman–Crippen LogP) is 5.29. The van der Waals surface area contributed by atoms with E-state index in [1.807, 2.05) is 31.2 Å². The average Bonchev–Trinajstić information content (AvgIpc) is 2.61. The van der Waals surface area contributed by atoms with Gasteiger partial charge in [-0.3, -0.25) is 0 Å². The molecule has 1 aromatic heterocycles. The fourth-order valence-corrected chi connectivity index (χ4v) is 3.07. The number of rotatable bonds is 4. The van der Waals surface area contributed by atoms with Crippen LogP contribution in [0.25, 0.3) is 11.1 Å². The van der Waals surface area contributed by atoms with Crippen molar-refractivity contribution >= 4 is 11.6 Å². The van der Waals surface area contributed by atoms with Gasteiger partial charge in [0, 0.05) is 24.1 Å². The molecule has 6 heteroatoms. The third-order valence-electron chi connectivity index (χ3n) is 4.24. The van der Waals surface area contributed by atoms with Crippen molar-refractivity contribution in [3.05, 3.63) is 75.6 Å². The number of benzene rings is 2. The molecule has 3 aromatic rings. The summed E-state index contributed by atoms with van der Waals surface area (Å²) in [6, 6.07) is 10.1. The molecule has 0 bridgehead atoms. The van der Waals surface area contributed by atoms with Crippen LogP contribution >= 0.6 is 11.6 Å². The summed E-state index contributed by atoms with van der Waals surface area (Å²) in [6.45, 7) is 3.74. The van der Waals surface area contributed by atoms with Crippen LogP contribution in [0, 0.1) is 25.5 Å². The van der Waals surface area contributed by atoms with E-state index in [2.05, 4.69) is 10.2 Å². The molecular weight excluding hydrogens is 358 g/mol. The zero-order chi connectivity index (χ0) is 18.8. The Morgan fingerprint density at radius 1 is 0.962 bits per heavy atom. The minimum atomic E-state index is -0.763. The van der Waals surface area contributed by atoms with E-state index >= 15 is 0 Å². The number of hydrogen-bond acceptors (Lipinski definition) is 3. The van der Waals surface area contributed by atoms with Crippen LogP contribution in [-0.4, -0.2) is 17.3 Å². The van der Waals surface area contributed by atoms with Crippen LogP contribution in [0.1, 0.15) is 22.4 Å². The highest BCUT2D eigenvalue weighted by atomic mass is 35.5. The summed E-state index contributed by atoms with van der Waals surface area (Å²) in [5.74, 6) is -1.43. The first-order chi connectivity index (χ1) is 12.4. The second kappa shape index (κ2) is 7.38. The number of aryl methyl sites for hydroxylation is 2. The molecular formula is C20H17ClF2N2O. The van der Waals surface area contributed by atoms with E-state index < -0.39 is 11.6 Å². The Morgan fingerprint density at radius 3 is 2.15 bits per heavy atom. The van der Waals surface area contributed by atoms with Crippen LogP contribution in [0.15, 0.2) is 36.4 Å². The van der Waals surface area contributed by atoms with Gasteiger partial charge in [0.15, 0.2) is 5.15 Å². The molecule has 0 aliphatic carbocycles. The number of ether oxygens (including phenoxy) is 1. The molecule has 0 saturated carbocycles. The molecule has 0 atom stereocenters. The van der Waals surface area contributed by atoms with Crippen molar-refractivity contribution in [2.24, 2.45) is 0 Å². The number of nitrogens with zero attached hydrogens (tertiary/aromatic N) is 2. The van der Waals surface area contributed by atoms with E-state index in [-0.39, 0.29) is 22.0 Å². The summed E-state index contributed by atoms with van der Waals surface area (Å²) in [5.41, 5.74) is 3.31. The van der Waals surface area contributed by atoms with Crippen molar-refractivity contribution in [2.45, 2.75) is 20.3 Å². The molecule has 0 aliphatic heterocycles. The molecule has 0 amide bonds. The van der Waals surface area contributed by atoms with Crippen LogP contribution < -0.4 is 4.74 Å². The first kappa shape index (κ1) is 18.3. The van der Waals surface area contributed by atoms with E-state index in [0.29, 0.717) is 17.7 Å². The Balaban J connectivity index is 2.19. The Morgan fingerprint density at radius 2 is 1.58 bits per heavy atom. The van der Waals surface area contributed by atoms with Crippen LogP contribution in [0.2, 0.25) is 5.15 Å². The Kier molecular flexibility index (Phi) is 5.18. The van der Waals surface area contributed by atoms with Gasteiger partial charge in [0.05, 0.1) is 18.4 Å². The first-order valence-corrected chi connectivity index (χ1v) is 8.39. The Bertz CT molecular complexity index is 936. The van der Waals surface area contributed by atoms with Gasteiger partial charge in [0.2, 0.25) is 0 Å². The topological polar surface area (TPSA) is 35.0 Å². The molecule has 3 rings (SSSR count). The lowest BCUT2D eigenvalue weighted by Crippen LogP contribution is -2.05. The van der Waals surface area contributed by atoms with Gasteiger partial charge < -0.3 is 4.74 Å². The second-order valence-corrected chi connectivity index (χ2v) is 6.42. The highest BCUT2D eigenvalue weighted by Crippen LogP contribution is 2.37. The monoisotopic (exact) mass is 374 g/mol. The van der Waals surface area contributed by atoms with Crippen molar-refractivity contribution in [1.82, 2.24) is 10.2 Å². The summed E-state index contributed by atoms with van der Waals surface area (Å²) in [5, 5.41) is 7.83. The third kappa shape index (κ3) is 3.53. The van der Waals surface area contributed by atoms with Crippen molar-refractivity contribution in [2.75, 3.05) is 7.11 Å². The lowest BCUT2D eigenvalue weighted by molar-refractivity contribution is 0.407. The molecule has 0 unspecified atom stereocenters. The third-order valence-corrected chi connectivity index (χ3v) is 4.50. The normalized spacial score (nSPS) is 10.8. The number of aromatic nitrogens is 2. The standard InChI is InChI=1S/C20H17ClF2N2O/c1-11-4-6-13(7-5-11)8-15-12(2)24-25-20(21)18(15)19-16(22)9-14(26-3)10-17(19)23/h4-7,9-10H,8H2,1-3H3. The van der Waals surface area contributed by atoms with E-state index in [4.69, 9.17) is 16.3 Å². The van der Waals surface area contributed by atoms with Gasteiger partial charge in [-0.05, 0) is 25.0 Å². The van der Waals surface area contributed by atoms with Gasteiger partial charge in [-0.15, -0.1) is 5.10 Å². The molecule has 0 spiro atoms. The maximum absolute atomic E-state index is 14.6. The lowest BCUT2D eigenvalue weighted by atomic mass is 9.94. The molecule has 0 aliphatic rings. The second-order valence-electron chi connectivity index (χ2n) is 6.06. The predicted molar refractivity (Wildman–Crippen MR) is 97.7 cm³/mol. The summed E-state index contributed by atoms with van der Waals surface area (Å²) >= 11 is 6.21. The number of hydrogen-bond donors (Lipinski definition) is 0. The highest BCUT2D eigenvalue weighted by Gasteiger charge is 2.22. The lowest BCUT2D eigenvalue weighted by Gasteiger charge is -2.15. The van der Waals surface area contributed by atoms with Crippen LogP contribution in [0.4, 0.5) is 8.78 Å². The van der Waals surface area contributed by atoms with Gasteiger partial charge in [-0.1, -0.05) is 41.4 Å². The van der Waals surface area contributed by atoms with E-state index in [0.717, 1.165) is 23.3 Å². The van der Waals surface area contributed by atoms with Crippen molar-refractivity contribution in [3.8, 4) is 16.9 Å². The smallest absolute Gasteiger partial charge is 0.160 e. The van der Waals surface area contributed by atoms with Crippen LogP contribution in [-0.2, 0) is 6.42 Å². The van der Waals surface area contributed by atoms with Gasteiger partial charge in [-0.25, -0.2) is 8.78 Å². The zero-order valence-corrected chi connectivity index (χ0v) is 15.4. The molecule has 26 heavy (non-hydrogen) atoms. The minimum Gasteiger partial charge on any atom is -0.497 e. The SMILES string of the molecule is COc1cc(F)c(-c2c(Cl)nnc(C)c2Cc2ccc(C)cc2)c(F)c1. The average molecular weight is 375 g/mol. The molecule has 0 fully saturated rings. The molecule has 134 valence electrons. The maximum Gasteiger partial charge on any atom is 0.160 e. The molecule has 0 radical (unpaired) electrons. The van der Waals surface area contributed by atoms with Gasteiger partial charge >= 0.3 is 0 Å². The van der Waals surface area contributed by atoms with E-state index in [1.165, 1.54) is 7.11 Å². The summed E-state index contributed by atoms with van der Waals surface area (Å²) in [7, 11) is 1.35. The minimum absolute atomic E-state index is 0.0410. The largest absolute Gasteiger partial charge is 0.497 e. The van der Waals surface area contributed by atoms with Crippen LogP contribution in [0.5, 0.6) is 5.75 Å². The molecule has 2 aromatic carbocycles. The molecule has 0 N–H and O–H groups in total. The summed E-state index contributed by atoms with van der Waals surface area (Å²) in [4.78, 5) is 0. The van der Waals surface area contributed by atoms with Crippen molar-refractivity contribution in [3.63, 3.8) is 0 Å². The first-order valence-electron chi connectivity index (χ1n) is 8.01. The van der Waals surface area contributed by atoms with Crippen LogP contribution in [0.3, 0.4) is 0 Å². The molecule has 1 heterocycles. The van der Waals surface area contributed by atoms with E-state index in [9.17, 15) is 8.78 Å². The number of methoxy groups -OCH3 is 1. The van der Waals surface area contributed by atoms with Gasteiger partial charge in [0.1, 0.15) is 17.4 Å². The van der Waals surface area contributed by atoms with E-state index in [1.54, 1.807) is 6.92 Å². The fraction of sp³-hybridized carbons (Fsp3) is 0.200. The number of halogens is 3. The molecule has 3 nitrogen and oxygen atoms in total. The molecule has 0 saturated heterocycles. The Labute approximate surface area is 155 Å². The fourth-order valence-electron chi connectivity index (χ4n) is 2.82. The zero-order valence-electron chi connectivity index (χ0n) is 14.6. The van der Waals surface area contributed by atoms with Gasteiger partial charge in [0.25, 0.3) is 0 Å². The summed E-state index contributed by atoms with van der Waals surface area (Å²) < 4.78 is 34.2. The Hall–Kier alpha value is -2.53. The highest BCUT2D eigenvalue weighted by molar-refractivity contribution is 6.32. The summed E-state index contributed by atoms with van der Waals surface area (Å²) in [6.07, 6.45) is 0.432. The maximum atomic E-state index is 14.6. The van der Waals surface area contributed by atoms with Gasteiger partial charge in [-0.2, -0.15) is 5.10 Å².